The number of hydrogen-bond acceptors (Lipinski definition) is 5. The highest BCUT2D eigenvalue weighted by Gasteiger charge is 2.30. The summed E-state index contributed by atoms with van der Waals surface area (Å²) in [5.41, 5.74) is 6.59. The Morgan fingerprint density at radius 1 is 1.14 bits per heavy atom. The summed E-state index contributed by atoms with van der Waals surface area (Å²) in [5, 5.41) is 2.25. The molecule has 1 saturated heterocycles. The number of hydrogen-bond donors (Lipinski definition) is 1. The summed E-state index contributed by atoms with van der Waals surface area (Å²) >= 11 is 1.40. The highest BCUT2D eigenvalue weighted by atomic mass is 32.2. The molecule has 152 valence electrons. The first kappa shape index (κ1) is 19.8. The molecular weight excluding hydrogens is 380 g/mol. The van der Waals surface area contributed by atoms with E-state index in [2.05, 4.69) is 41.9 Å². The molecule has 29 heavy (non-hydrogen) atoms. The van der Waals surface area contributed by atoms with Crippen LogP contribution in [-0.2, 0) is 7.05 Å². The first-order chi connectivity index (χ1) is 13.9. The average Bonchev–Trinajstić information content (AvgIpc) is 2.74. The van der Waals surface area contributed by atoms with Crippen molar-refractivity contribution in [3.05, 3.63) is 52.8 Å². The summed E-state index contributed by atoms with van der Waals surface area (Å²) in [5.74, 6) is 0.984. The Morgan fingerprint density at radius 3 is 2.55 bits per heavy atom. The van der Waals surface area contributed by atoms with Gasteiger partial charge in [-0.25, -0.2) is 0 Å². The molecule has 0 atom stereocenters. The molecule has 2 heterocycles. The fourth-order valence-electron chi connectivity index (χ4n) is 3.96. The smallest absolute Gasteiger partial charge is 0.270 e. The maximum absolute atomic E-state index is 13.2. The van der Waals surface area contributed by atoms with Crippen molar-refractivity contribution in [2.24, 2.45) is 12.5 Å². The molecule has 6 heteroatoms. The Hall–Kier alpha value is -2.47. The predicted octanol–water partition coefficient (Wildman–Crippen LogP) is 4.68. The number of nitrogens with two attached hydrogens (primary N) is 1. The molecule has 1 aromatic heterocycles. The number of piperidine rings is 1. The van der Waals surface area contributed by atoms with Crippen LogP contribution in [0.25, 0.3) is 10.8 Å². The first-order valence-corrected chi connectivity index (χ1v) is 11.0. The summed E-state index contributed by atoms with van der Waals surface area (Å²) < 4.78 is 1.65. The van der Waals surface area contributed by atoms with Crippen molar-refractivity contribution in [3.63, 3.8) is 0 Å². The third-order valence-electron chi connectivity index (χ3n) is 6.32. The molecule has 0 spiro atoms. The van der Waals surface area contributed by atoms with Crippen LogP contribution in [-0.4, -0.2) is 22.6 Å². The van der Waals surface area contributed by atoms with Gasteiger partial charge in [-0.15, -0.1) is 0 Å². The Kier molecular flexibility index (Phi) is 5.30. The molecule has 5 nitrogen and oxygen atoms in total. The second-order valence-corrected chi connectivity index (χ2v) is 9.27. The second-order valence-electron chi connectivity index (χ2n) is 8.22. The Balaban J connectivity index is 1.67. The summed E-state index contributed by atoms with van der Waals surface area (Å²) in [4.78, 5) is 21.5. The van der Waals surface area contributed by atoms with Crippen LogP contribution in [0.2, 0.25) is 0 Å². The third kappa shape index (κ3) is 3.73. The summed E-state index contributed by atoms with van der Waals surface area (Å²) in [6.07, 6.45) is 3.38. The molecule has 0 saturated carbocycles. The zero-order valence-electron chi connectivity index (χ0n) is 17.3. The van der Waals surface area contributed by atoms with Crippen molar-refractivity contribution >= 4 is 34.3 Å². The maximum atomic E-state index is 13.2. The normalized spacial score (nSPS) is 16.3. The minimum Gasteiger partial charge on any atom is -0.382 e. The number of benzene rings is 2. The van der Waals surface area contributed by atoms with E-state index in [0.717, 1.165) is 41.6 Å². The lowest BCUT2D eigenvalue weighted by Gasteiger charge is -2.39. The number of nitrogens with zero attached hydrogens (tertiary/aromatic N) is 3. The van der Waals surface area contributed by atoms with Gasteiger partial charge in [-0.3, -0.25) is 9.36 Å². The van der Waals surface area contributed by atoms with Gasteiger partial charge in [0.05, 0.1) is 0 Å². The summed E-state index contributed by atoms with van der Waals surface area (Å²) in [7, 11) is 1.80. The zero-order chi connectivity index (χ0) is 20.6. The predicted molar refractivity (Wildman–Crippen MR) is 122 cm³/mol. The van der Waals surface area contributed by atoms with E-state index in [-0.39, 0.29) is 5.56 Å². The lowest BCUT2D eigenvalue weighted by molar-refractivity contribution is 0.236. The van der Waals surface area contributed by atoms with Crippen molar-refractivity contribution in [1.29, 1.82) is 0 Å². The van der Waals surface area contributed by atoms with Crippen molar-refractivity contribution in [2.75, 3.05) is 23.7 Å². The second kappa shape index (κ2) is 7.75. The number of rotatable bonds is 4. The average molecular weight is 409 g/mol. The minimum absolute atomic E-state index is 0.0886. The van der Waals surface area contributed by atoms with Crippen LogP contribution < -0.4 is 16.2 Å². The van der Waals surface area contributed by atoms with E-state index in [1.807, 2.05) is 24.3 Å². The molecule has 0 radical (unpaired) electrons. The van der Waals surface area contributed by atoms with Gasteiger partial charge in [0.25, 0.3) is 5.56 Å². The highest BCUT2D eigenvalue weighted by Crippen LogP contribution is 2.37. The highest BCUT2D eigenvalue weighted by molar-refractivity contribution is 7.99. The van der Waals surface area contributed by atoms with E-state index >= 15 is 0 Å². The quantitative estimate of drug-likeness (QED) is 0.679. The van der Waals surface area contributed by atoms with E-state index in [1.54, 1.807) is 11.6 Å². The van der Waals surface area contributed by atoms with Crippen molar-refractivity contribution in [3.8, 4) is 0 Å². The van der Waals surface area contributed by atoms with Crippen molar-refractivity contribution in [1.82, 2.24) is 9.55 Å². The molecule has 0 unspecified atom stereocenters. The Labute approximate surface area is 175 Å². The molecule has 3 aromatic rings. The van der Waals surface area contributed by atoms with Crippen molar-refractivity contribution in [2.45, 2.75) is 42.9 Å². The van der Waals surface area contributed by atoms with Crippen LogP contribution in [0.15, 0.2) is 57.1 Å². The van der Waals surface area contributed by atoms with E-state index in [9.17, 15) is 4.79 Å². The van der Waals surface area contributed by atoms with E-state index in [4.69, 9.17) is 5.73 Å². The minimum atomic E-state index is -0.0886. The van der Waals surface area contributed by atoms with Gasteiger partial charge in [0.2, 0.25) is 5.95 Å². The molecule has 0 amide bonds. The van der Waals surface area contributed by atoms with E-state index in [1.165, 1.54) is 18.2 Å². The van der Waals surface area contributed by atoms with Gasteiger partial charge in [-0.1, -0.05) is 68.4 Å². The van der Waals surface area contributed by atoms with Gasteiger partial charge < -0.3 is 10.6 Å². The SMILES string of the molecule is CCC1(C)CCN(c2nc(N)c(Sc3cccc4ccccc34)c(=O)n2C)CC1. The largest absolute Gasteiger partial charge is 0.382 e. The van der Waals surface area contributed by atoms with E-state index in [0.29, 0.717) is 22.1 Å². The lowest BCUT2D eigenvalue weighted by Crippen LogP contribution is -2.41. The number of fused-ring (bicyclic) bond motifs is 1. The first-order valence-electron chi connectivity index (χ1n) is 10.2. The standard InChI is InChI=1S/C23H28N4OS/c1-4-23(2)12-14-27(15-13-23)22-25-20(24)19(21(28)26(22)3)29-18-11-7-9-16-8-5-6-10-17(16)18/h5-11H,4,12-15,24H2,1-3H3. The fraction of sp³-hybridized carbons (Fsp3) is 0.391. The lowest BCUT2D eigenvalue weighted by atomic mass is 9.78. The molecule has 1 fully saturated rings. The van der Waals surface area contributed by atoms with Gasteiger partial charge >= 0.3 is 0 Å². The molecule has 2 N–H and O–H groups in total. The van der Waals surface area contributed by atoms with Crippen molar-refractivity contribution < 1.29 is 0 Å². The molecular formula is C23H28N4OS. The molecule has 2 aromatic carbocycles. The third-order valence-corrected chi connectivity index (χ3v) is 7.48. The van der Waals surface area contributed by atoms with Crippen LogP contribution in [0, 0.1) is 5.41 Å². The van der Waals surface area contributed by atoms with Gasteiger partial charge in [0, 0.05) is 25.0 Å². The number of aromatic nitrogens is 2. The number of anilines is 2. The van der Waals surface area contributed by atoms with Crippen LogP contribution in [0.1, 0.15) is 33.1 Å². The van der Waals surface area contributed by atoms with Crippen LogP contribution in [0.3, 0.4) is 0 Å². The Bertz CT molecular complexity index is 1090. The van der Waals surface area contributed by atoms with Crippen LogP contribution >= 0.6 is 11.8 Å². The topological polar surface area (TPSA) is 64.2 Å². The molecule has 1 aliphatic rings. The molecule has 1 aliphatic heterocycles. The molecule has 4 rings (SSSR count). The van der Waals surface area contributed by atoms with Gasteiger partial charge in [-0.05, 0) is 35.1 Å². The molecule has 0 aliphatic carbocycles. The Morgan fingerprint density at radius 2 is 1.83 bits per heavy atom. The summed E-state index contributed by atoms with van der Waals surface area (Å²) in [6, 6.07) is 14.3. The monoisotopic (exact) mass is 408 g/mol. The fourth-order valence-corrected chi connectivity index (χ4v) is 5.00. The van der Waals surface area contributed by atoms with E-state index < -0.39 is 0 Å². The van der Waals surface area contributed by atoms with Gasteiger partial charge in [-0.2, -0.15) is 4.98 Å². The van der Waals surface area contributed by atoms with Crippen LogP contribution in [0.5, 0.6) is 0 Å². The van der Waals surface area contributed by atoms with Gasteiger partial charge in [0.15, 0.2) is 0 Å². The zero-order valence-corrected chi connectivity index (χ0v) is 18.1. The molecule has 0 bridgehead atoms. The number of nitrogen functional groups attached to an aromatic ring is 1. The maximum Gasteiger partial charge on any atom is 0.270 e. The van der Waals surface area contributed by atoms with Gasteiger partial charge in [0.1, 0.15) is 10.7 Å². The summed E-state index contributed by atoms with van der Waals surface area (Å²) in [6.45, 7) is 6.40. The van der Waals surface area contributed by atoms with Crippen LogP contribution in [0.4, 0.5) is 11.8 Å².